The SMILES string of the molecule is N#CCc1cc(=O)[nH]c(CBr)c1OC(F)(F)F. The number of ether oxygens (including phenoxy) is 1. The van der Waals surface area contributed by atoms with Gasteiger partial charge >= 0.3 is 6.36 Å². The van der Waals surface area contributed by atoms with Crippen LogP contribution in [0.3, 0.4) is 0 Å². The summed E-state index contributed by atoms with van der Waals surface area (Å²) >= 11 is 2.93. The van der Waals surface area contributed by atoms with Crippen molar-refractivity contribution < 1.29 is 17.9 Å². The van der Waals surface area contributed by atoms with E-state index in [1.54, 1.807) is 6.07 Å². The van der Waals surface area contributed by atoms with Gasteiger partial charge in [0.25, 0.3) is 0 Å². The third-order valence-electron chi connectivity index (χ3n) is 1.77. The highest BCUT2D eigenvalue weighted by atomic mass is 79.9. The number of pyridine rings is 1. The third kappa shape index (κ3) is 3.78. The van der Waals surface area contributed by atoms with E-state index in [1.165, 1.54) is 0 Å². The first-order valence-corrected chi connectivity index (χ1v) is 5.43. The summed E-state index contributed by atoms with van der Waals surface area (Å²) < 4.78 is 40.3. The Kier molecular flexibility index (Phi) is 4.17. The first-order valence-electron chi connectivity index (χ1n) is 4.31. The van der Waals surface area contributed by atoms with Gasteiger partial charge in [-0.15, -0.1) is 13.2 Å². The Balaban J connectivity index is 3.32. The predicted molar refractivity (Wildman–Crippen MR) is 55.7 cm³/mol. The molecule has 0 aliphatic heterocycles. The van der Waals surface area contributed by atoms with E-state index in [2.05, 4.69) is 25.7 Å². The summed E-state index contributed by atoms with van der Waals surface area (Å²) in [5, 5.41) is 8.47. The van der Waals surface area contributed by atoms with Crippen molar-refractivity contribution >= 4 is 15.9 Å². The lowest BCUT2D eigenvalue weighted by Gasteiger charge is -2.14. The molecule has 17 heavy (non-hydrogen) atoms. The first-order chi connectivity index (χ1) is 7.87. The molecule has 92 valence electrons. The number of aromatic nitrogens is 1. The Bertz CT molecular complexity index is 504. The molecule has 1 aromatic heterocycles. The molecule has 0 radical (unpaired) electrons. The molecular weight excluding hydrogens is 305 g/mol. The topological polar surface area (TPSA) is 65.9 Å². The lowest BCUT2D eigenvalue weighted by molar-refractivity contribution is -0.275. The molecule has 1 heterocycles. The van der Waals surface area contributed by atoms with Crippen LogP contribution in [0.5, 0.6) is 5.75 Å². The zero-order valence-electron chi connectivity index (χ0n) is 8.27. The number of aromatic amines is 1. The Morgan fingerprint density at radius 1 is 1.53 bits per heavy atom. The number of hydrogen-bond acceptors (Lipinski definition) is 3. The van der Waals surface area contributed by atoms with Gasteiger partial charge in [0, 0.05) is 17.0 Å². The Labute approximate surface area is 102 Å². The smallest absolute Gasteiger partial charge is 0.404 e. The predicted octanol–water partition coefficient (Wildman–Crippen LogP) is 2.23. The van der Waals surface area contributed by atoms with Crippen LogP contribution < -0.4 is 10.3 Å². The normalized spacial score (nSPS) is 11.0. The van der Waals surface area contributed by atoms with Gasteiger partial charge in [0.05, 0.1) is 18.2 Å². The largest absolute Gasteiger partial charge is 0.573 e. The van der Waals surface area contributed by atoms with Gasteiger partial charge in [0.15, 0.2) is 5.75 Å². The summed E-state index contributed by atoms with van der Waals surface area (Å²) in [5.41, 5.74) is -0.734. The Morgan fingerprint density at radius 3 is 2.65 bits per heavy atom. The summed E-state index contributed by atoms with van der Waals surface area (Å²) in [7, 11) is 0. The maximum Gasteiger partial charge on any atom is 0.573 e. The second-order valence-corrected chi connectivity index (χ2v) is 3.54. The van der Waals surface area contributed by atoms with Crippen molar-refractivity contribution in [3.63, 3.8) is 0 Å². The average Bonchev–Trinajstić information content (AvgIpc) is 2.20. The summed E-state index contributed by atoms with van der Waals surface area (Å²) in [5.74, 6) is -0.532. The van der Waals surface area contributed by atoms with Crippen LogP contribution in [0.1, 0.15) is 11.3 Å². The van der Waals surface area contributed by atoms with E-state index in [0.29, 0.717) is 0 Å². The molecule has 0 unspecified atom stereocenters. The number of nitrogens with one attached hydrogen (secondary N) is 1. The minimum Gasteiger partial charge on any atom is -0.404 e. The van der Waals surface area contributed by atoms with Crippen molar-refractivity contribution in [2.24, 2.45) is 0 Å². The van der Waals surface area contributed by atoms with E-state index in [4.69, 9.17) is 5.26 Å². The van der Waals surface area contributed by atoms with Crippen molar-refractivity contribution in [2.75, 3.05) is 0 Å². The molecule has 0 saturated heterocycles. The Morgan fingerprint density at radius 2 is 2.18 bits per heavy atom. The molecule has 1 rings (SSSR count). The summed E-state index contributed by atoms with van der Waals surface area (Å²) in [4.78, 5) is 13.4. The zero-order chi connectivity index (χ0) is 13.1. The second-order valence-electron chi connectivity index (χ2n) is 2.98. The molecule has 0 saturated carbocycles. The molecule has 0 atom stereocenters. The van der Waals surface area contributed by atoms with Gasteiger partial charge in [-0.3, -0.25) is 4.79 Å². The number of alkyl halides is 4. The fourth-order valence-corrected chi connectivity index (χ4v) is 1.61. The van der Waals surface area contributed by atoms with Crippen LogP contribution in [0.15, 0.2) is 10.9 Å². The molecule has 0 bridgehead atoms. The quantitative estimate of drug-likeness (QED) is 0.871. The monoisotopic (exact) mass is 310 g/mol. The van der Waals surface area contributed by atoms with Crippen LogP contribution >= 0.6 is 15.9 Å². The van der Waals surface area contributed by atoms with Crippen molar-refractivity contribution in [2.45, 2.75) is 18.1 Å². The molecule has 4 nitrogen and oxygen atoms in total. The molecule has 0 aromatic carbocycles. The van der Waals surface area contributed by atoms with E-state index >= 15 is 0 Å². The molecule has 0 fully saturated rings. The van der Waals surface area contributed by atoms with E-state index in [0.717, 1.165) is 6.07 Å². The summed E-state index contributed by atoms with van der Waals surface area (Å²) in [6.45, 7) is 0. The summed E-state index contributed by atoms with van der Waals surface area (Å²) in [6.07, 6.45) is -5.21. The zero-order valence-corrected chi connectivity index (χ0v) is 9.85. The Hall–Kier alpha value is -1.49. The molecule has 0 amide bonds. The van der Waals surface area contributed by atoms with E-state index < -0.39 is 17.7 Å². The highest BCUT2D eigenvalue weighted by Gasteiger charge is 2.33. The van der Waals surface area contributed by atoms with Crippen LogP contribution in [0.25, 0.3) is 0 Å². The number of halogens is 4. The number of hydrogen-bond donors (Lipinski definition) is 1. The molecular formula is C9H6BrF3N2O2. The van der Waals surface area contributed by atoms with Gasteiger partial charge in [-0.2, -0.15) is 5.26 Å². The van der Waals surface area contributed by atoms with Crippen LogP contribution in [-0.4, -0.2) is 11.3 Å². The fraction of sp³-hybridized carbons (Fsp3) is 0.333. The summed E-state index contributed by atoms with van der Waals surface area (Å²) in [6, 6.07) is 2.59. The highest BCUT2D eigenvalue weighted by molar-refractivity contribution is 9.08. The molecule has 0 spiro atoms. The van der Waals surface area contributed by atoms with Crippen molar-refractivity contribution in [1.82, 2.24) is 4.98 Å². The van der Waals surface area contributed by atoms with Gasteiger partial charge in [-0.05, 0) is 0 Å². The van der Waals surface area contributed by atoms with E-state index in [-0.39, 0.29) is 23.0 Å². The fourth-order valence-electron chi connectivity index (χ4n) is 1.21. The van der Waals surface area contributed by atoms with E-state index in [9.17, 15) is 18.0 Å². The van der Waals surface area contributed by atoms with Crippen LogP contribution in [0, 0.1) is 11.3 Å². The number of nitrogens with zero attached hydrogens (tertiary/aromatic N) is 1. The number of nitriles is 1. The van der Waals surface area contributed by atoms with Crippen molar-refractivity contribution in [3.05, 3.63) is 27.7 Å². The third-order valence-corrected chi connectivity index (χ3v) is 2.33. The standard InChI is InChI=1S/C9H6BrF3N2O2/c10-4-6-8(17-9(11,12)13)5(1-2-14)3-7(16)15-6/h3H,1,4H2,(H,15,16). The van der Waals surface area contributed by atoms with Gasteiger partial charge in [-0.25, -0.2) is 0 Å². The van der Waals surface area contributed by atoms with Crippen molar-refractivity contribution in [3.8, 4) is 11.8 Å². The lowest BCUT2D eigenvalue weighted by atomic mass is 10.1. The van der Waals surface area contributed by atoms with Crippen LogP contribution in [0.2, 0.25) is 0 Å². The average molecular weight is 311 g/mol. The molecule has 0 aliphatic rings. The lowest BCUT2D eigenvalue weighted by Crippen LogP contribution is -2.21. The second kappa shape index (κ2) is 5.23. The molecule has 0 aliphatic carbocycles. The highest BCUT2D eigenvalue weighted by Crippen LogP contribution is 2.29. The number of rotatable bonds is 3. The first kappa shape index (κ1) is 13.6. The van der Waals surface area contributed by atoms with Crippen LogP contribution in [0.4, 0.5) is 13.2 Å². The number of H-pyrrole nitrogens is 1. The maximum atomic E-state index is 12.2. The molecule has 1 N–H and O–H groups in total. The van der Waals surface area contributed by atoms with Gasteiger partial charge in [0.1, 0.15) is 0 Å². The van der Waals surface area contributed by atoms with Gasteiger partial charge < -0.3 is 9.72 Å². The molecule has 8 heteroatoms. The van der Waals surface area contributed by atoms with Crippen molar-refractivity contribution in [1.29, 1.82) is 5.26 Å². The molecule has 1 aromatic rings. The minimum absolute atomic E-state index is 0.0209. The maximum absolute atomic E-state index is 12.2. The van der Waals surface area contributed by atoms with Crippen LogP contribution in [-0.2, 0) is 11.8 Å². The minimum atomic E-state index is -4.88. The van der Waals surface area contributed by atoms with Gasteiger partial charge in [-0.1, -0.05) is 15.9 Å². The van der Waals surface area contributed by atoms with E-state index in [1.807, 2.05) is 0 Å². The van der Waals surface area contributed by atoms with Gasteiger partial charge in [0.2, 0.25) is 5.56 Å².